The maximum Gasteiger partial charge on any atom is 0.252 e. The van der Waals surface area contributed by atoms with Gasteiger partial charge in [-0.15, -0.1) is 23.7 Å². The number of halogens is 1. The number of nitrogens with one attached hydrogen (secondary N) is 1. The van der Waals surface area contributed by atoms with E-state index >= 15 is 0 Å². The molecule has 1 atom stereocenters. The van der Waals surface area contributed by atoms with Crippen molar-refractivity contribution in [1.29, 1.82) is 0 Å². The SMILES string of the molecule is CN([C@@H]1CCNC1)S(=O)(=O)c1cccs1.Cl. The van der Waals surface area contributed by atoms with Crippen molar-refractivity contribution in [2.75, 3.05) is 20.1 Å². The number of rotatable bonds is 3. The fraction of sp³-hybridized carbons (Fsp3) is 0.556. The first-order valence-electron chi connectivity index (χ1n) is 4.84. The van der Waals surface area contributed by atoms with Crippen LogP contribution in [0.5, 0.6) is 0 Å². The molecule has 1 aromatic heterocycles. The number of thiophene rings is 1. The molecule has 1 aliphatic rings. The maximum atomic E-state index is 12.1. The van der Waals surface area contributed by atoms with Crippen molar-refractivity contribution in [1.82, 2.24) is 9.62 Å². The average Bonchev–Trinajstić information content (AvgIpc) is 2.89. The fourth-order valence-electron chi connectivity index (χ4n) is 1.70. The largest absolute Gasteiger partial charge is 0.315 e. The second-order valence-corrected chi connectivity index (χ2v) is 6.77. The van der Waals surface area contributed by atoms with Gasteiger partial charge in [-0.3, -0.25) is 0 Å². The lowest BCUT2D eigenvalue weighted by Gasteiger charge is -2.22. The second kappa shape index (κ2) is 5.46. The summed E-state index contributed by atoms with van der Waals surface area (Å²) in [6.45, 7) is 1.65. The predicted molar refractivity (Wildman–Crippen MR) is 67.8 cm³/mol. The van der Waals surface area contributed by atoms with E-state index in [1.54, 1.807) is 24.6 Å². The van der Waals surface area contributed by atoms with Crippen LogP contribution in [0.25, 0.3) is 0 Å². The van der Waals surface area contributed by atoms with Gasteiger partial charge in [-0.2, -0.15) is 4.31 Å². The summed E-state index contributed by atoms with van der Waals surface area (Å²) in [5.41, 5.74) is 0. The predicted octanol–water partition coefficient (Wildman–Crippen LogP) is 1.15. The number of hydrogen-bond donors (Lipinski definition) is 1. The van der Waals surface area contributed by atoms with E-state index in [0.717, 1.165) is 19.5 Å². The minimum atomic E-state index is -3.27. The van der Waals surface area contributed by atoms with Gasteiger partial charge in [0.2, 0.25) is 0 Å². The Bertz CT molecular complexity index is 413. The third kappa shape index (κ3) is 2.57. The van der Waals surface area contributed by atoms with Gasteiger partial charge in [0.15, 0.2) is 0 Å². The van der Waals surface area contributed by atoms with Crippen molar-refractivity contribution >= 4 is 33.8 Å². The highest BCUT2D eigenvalue weighted by Crippen LogP contribution is 2.22. The molecule has 0 bridgehead atoms. The molecular formula is C9H15ClN2O2S2. The van der Waals surface area contributed by atoms with Crippen molar-refractivity contribution in [3.8, 4) is 0 Å². The highest BCUT2D eigenvalue weighted by atomic mass is 35.5. The lowest BCUT2D eigenvalue weighted by Crippen LogP contribution is -2.37. The van der Waals surface area contributed by atoms with Gasteiger partial charge in [0.1, 0.15) is 4.21 Å². The van der Waals surface area contributed by atoms with Gasteiger partial charge < -0.3 is 5.32 Å². The van der Waals surface area contributed by atoms with Gasteiger partial charge in [0, 0.05) is 19.6 Å². The van der Waals surface area contributed by atoms with Crippen molar-refractivity contribution < 1.29 is 8.42 Å². The minimum absolute atomic E-state index is 0. The Hall–Kier alpha value is -0.140. The monoisotopic (exact) mass is 282 g/mol. The molecule has 0 aromatic carbocycles. The Balaban J connectivity index is 0.00000128. The van der Waals surface area contributed by atoms with E-state index in [2.05, 4.69) is 5.32 Å². The van der Waals surface area contributed by atoms with Gasteiger partial charge >= 0.3 is 0 Å². The molecule has 1 N–H and O–H groups in total. The Morgan fingerprint density at radius 3 is 2.81 bits per heavy atom. The minimum Gasteiger partial charge on any atom is -0.315 e. The van der Waals surface area contributed by atoms with Crippen molar-refractivity contribution in [3.05, 3.63) is 17.5 Å². The summed E-state index contributed by atoms with van der Waals surface area (Å²) < 4.78 is 26.1. The maximum absolute atomic E-state index is 12.1. The van der Waals surface area contributed by atoms with Gasteiger partial charge in [-0.1, -0.05) is 6.07 Å². The van der Waals surface area contributed by atoms with Crippen LogP contribution < -0.4 is 5.32 Å². The third-order valence-corrected chi connectivity index (χ3v) is 5.96. The molecule has 92 valence electrons. The Morgan fingerprint density at radius 2 is 2.31 bits per heavy atom. The van der Waals surface area contributed by atoms with E-state index in [-0.39, 0.29) is 18.4 Å². The van der Waals surface area contributed by atoms with Gasteiger partial charge in [-0.25, -0.2) is 8.42 Å². The highest BCUT2D eigenvalue weighted by molar-refractivity contribution is 7.91. The topological polar surface area (TPSA) is 49.4 Å². The van der Waals surface area contributed by atoms with E-state index < -0.39 is 10.0 Å². The molecular weight excluding hydrogens is 268 g/mol. The summed E-state index contributed by atoms with van der Waals surface area (Å²) in [5, 5.41) is 4.95. The van der Waals surface area contributed by atoms with Crippen molar-refractivity contribution in [2.45, 2.75) is 16.7 Å². The smallest absolute Gasteiger partial charge is 0.252 e. The van der Waals surface area contributed by atoms with Crippen LogP contribution in [0.4, 0.5) is 0 Å². The molecule has 0 unspecified atom stereocenters. The molecule has 1 aliphatic heterocycles. The van der Waals surface area contributed by atoms with Crippen LogP contribution >= 0.6 is 23.7 Å². The summed E-state index contributed by atoms with van der Waals surface area (Å²) in [6, 6.07) is 3.51. The number of likely N-dealkylation sites (N-methyl/N-ethyl adjacent to an activating group) is 1. The lowest BCUT2D eigenvalue weighted by atomic mass is 10.3. The summed E-state index contributed by atoms with van der Waals surface area (Å²) in [7, 11) is -1.61. The first-order chi connectivity index (χ1) is 7.12. The highest BCUT2D eigenvalue weighted by Gasteiger charge is 2.30. The van der Waals surface area contributed by atoms with Gasteiger partial charge in [-0.05, 0) is 24.4 Å². The number of hydrogen-bond acceptors (Lipinski definition) is 4. The van der Waals surface area contributed by atoms with Crippen LogP contribution in [0.1, 0.15) is 6.42 Å². The number of sulfonamides is 1. The first kappa shape index (κ1) is 13.9. The van der Waals surface area contributed by atoms with Crippen LogP contribution in [0.2, 0.25) is 0 Å². The first-order valence-corrected chi connectivity index (χ1v) is 7.16. The van der Waals surface area contributed by atoms with E-state index in [0.29, 0.717) is 4.21 Å². The molecule has 4 nitrogen and oxygen atoms in total. The Morgan fingerprint density at radius 1 is 1.56 bits per heavy atom. The summed E-state index contributed by atoms with van der Waals surface area (Å²) >= 11 is 1.27. The van der Waals surface area contributed by atoms with E-state index in [4.69, 9.17) is 0 Å². The quantitative estimate of drug-likeness (QED) is 0.905. The van der Waals surface area contributed by atoms with Crippen LogP contribution in [-0.4, -0.2) is 38.9 Å². The zero-order chi connectivity index (χ0) is 10.9. The second-order valence-electron chi connectivity index (χ2n) is 3.60. The normalized spacial score (nSPS) is 21.0. The molecule has 1 aromatic rings. The van der Waals surface area contributed by atoms with E-state index in [1.807, 2.05) is 0 Å². The molecule has 2 rings (SSSR count). The van der Waals surface area contributed by atoms with Gasteiger partial charge in [0.05, 0.1) is 0 Å². The van der Waals surface area contributed by atoms with Crippen molar-refractivity contribution in [3.63, 3.8) is 0 Å². The molecule has 2 heterocycles. The van der Waals surface area contributed by atoms with Crippen LogP contribution in [0.15, 0.2) is 21.7 Å². The molecule has 0 aliphatic carbocycles. The van der Waals surface area contributed by atoms with Crippen LogP contribution in [-0.2, 0) is 10.0 Å². The Labute approximate surface area is 106 Å². The molecule has 0 spiro atoms. The lowest BCUT2D eigenvalue weighted by molar-refractivity contribution is 0.389. The molecule has 16 heavy (non-hydrogen) atoms. The molecule has 0 saturated carbocycles. The fourth-order valence-corrected chi connectivity index (χ4v) is 4.26. The van der Waals surface area contributed by atoms with Crippen LogP contribution in [0.3, 0.4) is 0 Å². The standard InChI is InChI=1S/C9H14N2O2S2.ClH/c1-11(8-4-5-10-7-8)15(12,13)9-3-2-6-14-9;/h2-3,6,8,10H,4-5,7H2,1H3;1H/t8-;/m1./s1. The molecule has 7 heteroatoms. The molecule has 1 fully saturated rings. The molecule has 0 radical (unpaired) electrons. The average molecular weight is 283 g/mol. The van der Waals surface area contributed by atoms with Gasteiger partial charge in [0.25, 0.3) is 10.0 Å². The van der Waals surface area contributed by atoms with E-state index in [1.165, 1.54) is 15.6 Å². The number of nitrogens with zero attached hydrogens (tertiary/aromatic N) is 1. The van der Waals surface area contributed by atoms with Crippen LogP contribution in [0, 0.1) is 0 Å². The summed E-state index contributed by atoms with van der Waals surface area (Å²) in [4.78, 5) is 0. The summed E-state index contributed by atoms with van der Waals surface area (Å²) in [5.74, 6) is 0. The zero-order valence-corrected chi connectivity index (χ0v) is 11.4. The zero-order valence-electron chi connectivity index (χ0n) is 8.92. The third-order valence-electron chi connectivity index (χ3n) is 2.68. The van der Waals surface area contributed by atoms with Crippen molar-refractivity contribution in [2.24, 2.45) is 0 Å². The molecule has 1 saturated heterocycles. The molecule has 0 amide bonds. The Kier molecular flexibility index (Phi) is 4.75. The van der Waals surface area contributed by atoms with E-state index in [9.17, 15) is 8.42 Å². The summed E-state index contributed by atoms with van der Waals surface area (Å²) in [6.07, 6.45) is 0.890.